The Morgan fingerprint density at radius 3 is 2.30 bits per heavy atom. The molecular weight excluding hydrogens is 402 g/mol. The molecule has 1 heterocycles. The van der Waals surface area contributed by atoms with Crippen molar-refractivity contribution in [2.24, 2.45) is 4.99 Å². The summed E-state index contributed by atoms with van der Waals surface area (Å²) in [5, 5.41) is 48.5. The highest BCUT2D eigenvalue weighted by atomic mass is 32.2. The number of benzene rings is 1. The molecule has 5 atom stereocenters. The molecule has 0 bridgehead atoms. The van der Waals surface area contributed by atoms with E-state index in [2.05, 4.69) is 4.99 Å². The predicted octanol–water partition coefficient (Wildman–Crippen LogP) is -1.29. The van der Waals surface area contributed by atoms with Crippen LogP contribution in [0.4, 0.5) is 0 Å². The Balaban J connectivity index is 2.20. The van der Waals surface area contributed by atoms with Crippen molar-refractivity contribution in [3.63, 3.8) is 0 Å². The van der Waals surface area contributed by atoms with Gasteiger partial charge in [0, 0.05) is 6.42 Å². The monoisotopic (exact) mass is 423 g/mol. The zero-order chi connectivity index (χ0) is 20.2. The minimum absolute atomic E-state index is 0.0387. The predicted molar refractivity (Wildman–Crippen MR) is 97.0 cm³/mol. The third-order valence-corrected chi connectivity index (χ3v) is 5.42. The van der Waals surface area contributed by atoms with Gasteiger partial charge < -0.3 is 30.3 Å². The van der Waals surface area contributed by atoms with E-state index in [9.17, 15) is 34.0 Å². The lowest BCUT2D eigenvalue weighted by Crippen LogP contribution is -2.57. The van der Waals surface area contributed by atoms with Crippen LogP contribution < -0.4 is 0 Å². The normalized spacial score (nSPS) is 29.7. The average molecular weight is 423 g/mol. The van der Waals surface area contributed by atoms with Crippen LogP contribution in [0.3, 0.4) is 0 Å². The Bertz CT molecular complexity index is 751. The van der Waals surface area contributed by atoms with Gasteiger partial charge in [-0.3, -0.25) is 9.55 Å². The van der Waals surface area contributed by atoms with Crippen molar-refractivity contribution in [2.45, 2.75) is 36.3 Å². The average Bonchev–Trinajstić information content (AvgIpc) is 2.61. The molecule has 0 radical (unpaired) electrons. The molecule has 5 unspecified atom stereocenters. The zero-order valence-corrected chi connectivity index (χ0v) is 15.6. The second kappa shape index (κ2) is 9.30. The van der Waals surface area contributed by atoms with Crippen LogP contribution in [0.25, 0.3) is 0 Å². The van der Waals surface area contributed by atoms with Crippen LogP contribution in [-0.2, 0) is 21.3 Å². The number of aromatic hydroxyl groups is 1. The summed E-state index contributed by atoms with van der Waals surface area (Å²) in [6.07, 6.45) is -5.64. The number of hydrogen-bond donors (Lipinski definition) is 6. The van der Waals surface area contributed by atoms with E-state index < -0.39 is 52.5 Å². The fraction of sp³-hybridized carbons (Fsp3) is 0.533. The van der Waals surface area contributed by atoms with E-state index in [1.165, 1.54) is 12.1 Å². The molecule has 0 aliphatic carbocycles. The Morgan fingerprint density at radius 2 is 1.74 bits per heavy atom. The molecule has 27 heavy (non-hydrogen) atoms. The number of thioether (sulfide) groups is 1. The van der Waals surface area contributed by atoms with Crippen LogP contribution in [0.1, 0.15) is 5.56 Å². The number of aliphatic hydroxyl groups is 4. The fourth-order valence-electron chi connectivity index (χ4n) is 2.38. The summed E-state index contributed by atoms with van der Waals surface area (Å²) in [6, 6.07) is 6.00. The van der Waals surface area contributed by atoms with E-state index in [1.807, 2.05) is 0 Å². The summed E-state index contributed by atoms with van der Waals surface area (Å²) in [5.74, 6) is -0.873. The van der Waals surface area contributed by atoms with Gasteiger partial charge in [0.25, 0.3) is 10.1 Å². The molecule has 1 aliphatic rings. The molecule has 0 amide bonds. The summed E-state index contributed by atoms with van der Waals surface area (Å²) in [6.45, 7) is -0.600. The first-order valence-electron chi connectivity index (χ1n) is 7.84. The van der Waals surface area contributed by atoms with Gasteiger partial charge in [0.05, 0.1) is 11.7 Å². The molecule has 12 heteroatoms. The van der Waals surface area contributed by atoms with E-state index in [0.717, 1.165) is 11.8 Å². The summed E-state index contributed by atoms with van der Waals surface area (Å²) in [4.78, 5) is 3.82. The highest BCUT2D eigenvalue weighted by Crippen LogP contribution is 2.30. The van der Waals surface area contributed by atoms with Crippen LogP contribution in [-0.4, -0.2) is 85.9 Å². The minimum atomic E-state index is -4.38. The lowest BCUT2D eigenvalue weighted by molar-refractivity contribution is -0.205. The molecule has 0 aromatic heterocycles. The van der Waals surface area contributed by atoms with Gasteiger partial charge in [0.15, 0.2) is 5.88 Å². The Hall–Kier alpha value is -1.25. The molecule has 1 aliphatic heterocycles. The third kappa shape index (κ3) is 6.40. The number of hydrogen-bond acceptors (Lipinski definition) is 10. The maximum absolute atomic E-state index is 11.0. The van der Waals surface area contributed by atoms with Gasteiger partial charge in [-0.25, -0.2) is 0 Å². The number of phenols is 1. The van der Waals surface area contributed by atoms with Crippen molar-refractivity contribution in [1.29, 1.82) is 0 Å². The van der Waals surface area contributed by atoms with Crippen molar-refractivity contribution in [3.8, 4) is 5.75 Å². The highest BCUT2D eigenvalue weighted by molar-refractivity contribution is 8.14. The van der Waals surface area contributed by atoms with Crippen molar-refractivity contribution < 1.29 is 43.2 Å². The number of phenolic OH excluding ortho intramolecular Hbond substituents is 1. The molecule has 1 fully saturated rings. The van der Waals surface area contributed by atoms with E-state index >= 15 is 0 Å². The van der Waals surface area contributed by atoms with Crippen LogP contribution >= 0.6 is 11.8 Å². The van der Waals surface area contributed by atoms with E-state index in [0.29, 0.717) is 5.56 Å². The van der Waals surface area contributed by atoms with Crippen LogP contribution in [0.5, 0.6) is 5.75 Å². The summed E-state index contributed by atoms with van der Waals surface area (Å²) < 4.78 is 36.3. The van der Waals surface area contributed by atoms with Gasteiger partial charge in [-0.2, -0.15) is 8.42 Å². The van der Waals surface area contributed by atoms with Crippen molar-refractivity contribution in [1.82, 2.24) is 0 Å². The van der Waals surface area contributed by atoms with Gasteiger partial charge in [-0.15, -0.1) is 0 Å². The zero-order valence-electron chi connectivity index (χ0n) is 14.0. The molecule has 152 valence electrons. The number of rotatable bonds is 6. The van der Waals surface area contributed by atoms with Crippen molar-refractivity contribution >= 4 is 26.9 Å². The molecule has 1 aromatic carbocycles. The maximum atomic E-state index is 11.0. The fourth-order valence-corrected chi connectivity index (χ4v) is 3.93. The topological polar surface area (TPSA) is 177 Å². The van der Waals surface area contributed by atoms with Crippen molar-refractivity contribution in [2.75, 3.05) is 12.5 Å². The number of aliphatic hydroxyl groups excluding tert-OH is 4. The van der Waals surface area contributed by atoms with Gasteiger partial charge in [-0.05, 0) is 17.7 Å². The molecular formula is C15H21NO9S2. The Labute approximate surface area is 159 Å². The largest absolute Gasteiger partial charge is 0.508 e. The second-order valence-electron chi connectivity index (χ2n) is 5.92. The van der Waals surface area contributed by atoms with E-state index in [1.54, 1.807) is 12.1 Å². The first-order valence-corrected chi connectivity index (χ1v) is 10.3. The van der Waals surface area contributed by atoms with Crippen LogP contribution in [0.2, 0.25) is 0 Å². The van der Waals surface area contributed by atoms with Gasteiger partial charge >= 0.3 is 0 Å². The van der Waals surface area contributed by atoms with E-state index in [4.69, 9.17) is 9.29 Å². The van der Waals surface area contributed by atoms with Gasteiger partial charge in [0.2, 0.25) is 0 Å². The van der Waals surface area contributed by atoms with Gasteiger partial charge in [-0.1, -0.05) is 23.9 Å². The van der Waals surface area contributed by atoms with Crippen molar-refractivity contribution in [3.05, 3.63) is 29.8 Å². The molecule has 6 N–H and O–H groups in total. The molecule has 0 saturated carbocycles. The Morgan fingerprint density at radius 1 is 1.11 bits per heavy atom. The lowest BCUT2D eigenvalue weighted by Gasteiger charge is -2.39. The van der Waals surface area contributed by atoms with Crippen LogP contribution in [0, 0.1) is 0 Å². The third-order valence-electron chi connectivity index (χ3n) is 3.80. The van der Waals surface area contributed by atoms with Crippen LogP contribution in [0.15, 0.2) is 29.3 Å². The molecule has 1 aromatic rings. The smallest absolute Gasteiger partial charge is 0.285 e. The van der Waals surface area contributed by atoms with E-state index in [-0.39, 0.29) is 17.2 Å². The number of nitrogens with zero attached hydrogens (tertiary/aromatic N) is 1. The summed E-state index contributed by atoms with van der Waals surface area (Å²) >= 11 is 0.796. The Kier molecular flexibility index (Phi) is 7.59. The molecule has 2 rings (SSSR count). The molecule has 10 nitrogen and oxygen atoms in total. The number of ether oxygens (including phenoxy) is 1. The first kappa shape index (κ1) is 22.0. The number of aliphatic imine (C=N–C) groups is 1. The first-order chi connectivity index (χ1) is 12.6. The second-order valence-corrected chi connectivity index (χ2v) is 8.51. The summed E-state index contributed by atoms with van der Waals surface area (Å²) in [5.41, 5.74) is -0.489. The minimum Gasteiger partial charge on any atom is -0.508 e. The highest BCUT2D eigenvalue weighted by Gasteiger charge is 2.44. The lowest BCUT2D eigenvalue weighted by atomic mass is 10.0. The maximum Gasteiger partial charge on any atom is 0.285 e. The standard InChI is InChI=1S/C15H21NO9S2/c17-6-10-12(19)13(20)14(21)15(25-10)26-11(16-7-27(22,23)24)5-8-1-3-9(18)4-2-8/h1-4,10,12-15,17-21H,5-7H2,(H,22,23,24). The molecule has 0 spiro atoms. The summed E-state index contributed by atoms with van der Waals surface area (Å²) in [7, 11) is -4.38. The SMILES string of the molecule is O=S(=O)(O)CN=C(Cc1ccc(O)cc1)SC1OC(CO)C(O)C(O)C1O. The van der Waals surface area contributed by atoms with Gasteiger partial charge in [0.1, 0.15) is 35.6 Å². The quantitative estimate of drug-likeness (QED) is 0.183. The molecule has 1 saturated heterocycles.